The molecule has 2 aromatic rings. The van der Waals surface area contributed by atoms with Crippen molar-refractivity contribution >= 4 is 59.6 Å². The van der Waals surface area contributed by atoms with Crippen LogP contribution >= 0.6 is 47.8 Å². The molecule has 0 saturated heterocycles. The SMILES string of the molecule is Nc1nc(Br)c([C@H]2CCNC(=O)c3[nH]c(Br)c(Br)c32)[nH]1. The number of H-pyrrole nitrogens is 2. The molecule has 0 unspecified atom stereocenters. The number of nitrogens with one attached hydrogen (secondary N) is 3. The number of rotatable bonds is 1. The molecular weight excluding hydrogens is 458 g/mol. The molecule has 1 atom stereocenters. The molecule has 20 heavy (non-hydrogen) atoms. The summed E-state index contributed by atoms with van der Waals surface area (Å²) in [4.78, 5) is 22.4. The Bertz CT molecular complexity index is 693. The number of anilines is 1. The van der Waals surface area contributed by atoms with Crippen LogP contribution in [0.5, 0.6) is 0 Å². The molecule has 5 N–H and O–H groups in total. The number of imidazole rings is 1. The molecule has 0 aromatic carbocycles. The van der Waals surface area contributed by atoms with E-state index in [2.05, 4.69) is 68.1 Å². The molecule has 1 amide bonds. The van der Waals surface area contributed by atoms with Crippen LogP contribution in [-0.2, 0) is 0 Å². The average Bonchev–Trinajstić information content (AvgIpc) is 2.81. The topological polar surface area (TPSA) is 99.6 Å². The van der Waals surface area contributed by atoms with Gasteiger partial charge < -0.3 is 21.0 Å². The Labute approximate surface area is 139 Å². The van der Waals surface area contributed by atoms with E-state index >= 15 is 0 Å². The Kier molecular flexibility index (Phi) is 3.67. The van der Waals surface area contributed by atoms with Gasteiger partial charge >= 0.3 is 0 Å². The highest BCUT2D eigenvalue weighted by molar-refractivity contribution is 9.13. The molecule has 1 aliphatic rings. The number of amides is 1. The van der Waals surface area contributed by atoms with E-state index in [-0.39, 0.29) is 11.8 Å². The van der Waals surface area contributed by atoms with E-state index in [9.17, 15) is 4.79 Å². The third-order valence-corrected chi connectivity index (χ3v) is 5.83. The zero-order valence-corrected chi connectivity index (χ0v) is 14.8. The summed E-state index contributed by atoms with van der Waals surface area (Å²) >= 11 is 10.3. The number of aromatic nitrogens is 3. The molecule has 0 spiro atoms. The summed E-state index contributed by atoms with van der Waals surface area (Å²) in [6.07, 6.45) is 0.752. The lowest BCUT2D eigenvalue weighted by Gasteiger charge is -2.14. The predicted octanol–water partition coefficient (Wildman–Crippen LogP) is 2.87. The van der Waals surface area contributed by atoms with Crippen molar-refractivity contribution in [2.45, 2.75) is 12.3 Å². The number of nitrogen functional groups attached to an aromatic ring is 1. The lowest BCUT2D eigenvalue weighted by Crippen LogP contribution is -2.23. The van der Waals surface area contributed by atoms with Crippen LogP contribution in [0.3, 0.4) is 0 Å². The minimum Gasteiger partial charge on any atom is -0.369 e. The van der Waals surface area contributed by atoms with E-state index in [1.54, 1.807) is 0 Å². The molecule has 0 aliphatic carbocycles. The van der Waals surface area contributed by atoms with Crippen molar-refractivity contribution in [2.24, 2.45) is 0 Å². The minimum atomic E-state index is -0.113. The van der Waals surface area contributed by atoms with E-state index in [0.29, 0.717) is 22.8 Å². The maximum absolute atomic E-state index is 12.1. The van der Waals surface area contributed by atoms with Gasteiger partial charge in [0, 0.05) is 18.0 Å². The number of fused-ring (bicyclic) bond motifs is 1. The first kappa shape index (κ1) is 14.2. The second-order valence-electron chi connectivity index (χ2n) is 4.47. The van der Waals surface area contributed by atoms with Crippen LogP contribution in [0.15, 0.2) is 13.7 Å². The van der Waals surface area contributed by atoms with Crippen LogP contribution < -0.4 is 11.1 Å². The van der Waals surface area contributed by atoms with E-state index in [1.165, 1.54) is 0 Å². The first-order valence-corrected chi connectivity index (χ1v) is 8.23. The van der Waals surface area contributed by atoms with Crippen LogP contribution in [0.1, 0.15) is 34.1 Å². The molecule has 0 fully saturated rings. The quantitative estimate of drug-likeness (QED) is 0.519. The largest absolute Gasteiger partial charge is 0.369 e. The number of halogens is 3. The maximum Gasteiger partial charge on any atom is 0.268 e. The van der Waals surface area contributed by atoms with E-state index < -0.39 is 0 Å². The zero-order chi connectivity index (χ0) is 14.4. The van der Waals surface area contributed by atoms with Crippen molar-refractivity contribution in [3.05, 3.63) is 30.6 Å². The highest BCUT2D eigenvalue weighted by Crippen LogP contribution is 2.41. The van der Waals surface area contributed by atoms with Gasteiger partial charge in [-0.15, -0.1) is 0 Å². The molecule has 0 saturated carbocycles. The van der Waals surface area contributed by atoms with Gasteiger partial charge in [0.2, 0.25) is 0 Å². The molecular formula is C11H10Br3N5O. The molecule has 9 heteroatoms. The number of carbonyl (C=O) groups is 1. The fraction of sp³-hybridized carbons (Fsp3) is 0.273. The van der Waals surface area contributed by atoms with Crippen LogP contribution in [0, 0.1) is 0 Å². The number of carbonyl (C=O) groups excluding carboxylic acids is 1. The smallest absolute Gasteiger partial charge is 0.268 e. The molecule has 3 heterocycles. The third kappa shape index (κ3) is 2.21. The maximum atomic E-state index is 12.1. The van der Waals surface area contributed by atoms with Gasteiger partial charge in [-0.25, -0.2) is 4.98 Å². The molecule has 106 valence electrons. The molecule has 3 rings (SSSR count). The summed E-state index contributed by atoms with van der Waals surface area (Å²) in [6.45, 7) is 0.585. The van der Waals surface area contributed by atoms with Crippen LogP contribution in [-0.4, -0.2) is 27.4 Å². The summed E-state index contributed by atoms with van der Waals surface area (Å²) in [5.74, 6) is 0.222. The second kappa shape index (κ2) is 5.19. The summed E-state index contributed by atoms with van der Waals surface area (Å²) in [7, 11) is 0. The second-order valence-corrected chi connectivity index (χ2v) is 6.80. The summed E-state index contributed by atoms with van der Waals surface area (Å²) in [5.41, 5.74) is 8.02. The van der Waals surface area contributed by atoms with Crippen LogP contribution in [0.4, 0.5) is 5.95 Å². The Balaban J connectivity index is 2.20. The monoisotopic (exact) mass is 465 g/mol. The van der Waals surface area contributed by atoms with Crippen molar-refractivity contribution in [1.82, 2.24) is 20.3 Å². The van der Waals surface area contributed by atoms with Gasteiger partial charge in [0.05, 0.1) is 14.8 Å². The Morgan fingerprint density at radius 3 is 2.65 bits per heavy atom. The molecule has 1 aliphatic heterocycles. The lowest BCUT2D eigenvalue weighted by atomic mass is 9.94. The number of hydrogen-bond donors (Lipinski definition) is 4. The normalized spacial score (nSPS) is 18.6. The van der Waals surface area contributed by atoms with Gasteiger partial charge in [-0.05, 0) is 54.2 Å². The minimum absolute atomic E-state index is 0.0138. The van der Waals surface area contributed by atoms with E-state index in [1.807, 2.05) is 0 Å². The van der Waals surface area contributed by atoms with Crippen LogP contribution in [0.25, 0.3) is 0 Å². The fourth-order valence-electron chi connectivity index (χ4n) is 2.43. The first-order chi connectivity index (χ1) is 9.49. The molecule has 0 radical (unpaired) electrons. The standard InChI is InChI=1S/C11H10Br3N5O/c12-5-4-3(6-9(14)19-11(15)18-6)1-2-16-10(20)7(4)17-8(5)13/h3,17H,1-2H2,(H,16,20)(H3,15,18,19)/t3-/m0/s1. The fourth-order valence-corrected chi connectivity index (χ4v) is 3.98. The number of nitrogens with zero attached hydrogens (tertiary/aromatic N) is 1. The first-order valence-electron chi connectivity index (χ1n) is 5.85. The molecule has 6 nitrogen and oxygen atoms in total. The lowest BCUT2D eigenvalue weighted by molar-refractivity contribution is 0.0951. The summed E-state index contributed by atoms with van der Waals surface area (Å²) in [5, 5.41) is 2.87. The number of hydrogen-bond acceptors (Lipinski definition) is 3. The third-order valence-electron chi connectivity index (χ3n) is 3.28. The number of aromatic amines is 2. The van der Waals surface area contributed by atoms with E-state index in [0.717, 1.165) is 26.8 Å². The van der Waals surface area contributed by atoms with Gasteiger partial charge in [0.15, 0.2) is 5.95 Å². The van der Waals surface area contributed by atoms with Gasteiger partial charge in [0.25, 0.3) is 5.91 Å². The predicted molar refractivity (Wildman–Crippen MR) is 85.7 cm³/mol. The van der Waals surface area contributed by atoms with Crippen molar-refractivity contribution in [1.29, 1.82) is 0 Å². The van der Waals surface area contributed by atoms with Crippen LogP contribution in [0.2, 0.25) is 0 Å². The van der Waals surface area contributed by atoms with Gasteiger partial charge in [-0.2, -0.15) is 0 Å². The van der Waals surface area contributed by atoms with E-state index in [4.69, 9.17) is 5.73 Å². The highest BCUT2D eigenvalue weighted by Gasteiger charge is 2.32. The van der Waals surface area contributed by atoms with Gasteiger partial charge in [-0.3, -0.25) is 4.79 Å². The highest BCUT2D eigenvalue weighted by atomic mass is 79.9. The molecule has 0 bridgehead atoms. The Hall–Kier alpha value is -0.800. The van der Waals surface area contributed by atoms with Gasteiger partial charge in [-0.1, -0.05) is 0 Å². The number of nitrogens with two attached hydrogens (primary N) is 1. The zero-order valence-electron chi connectivity index (χ0n) is 10.1. The van der Waals surface area contributed by atoms with Crippen molar-refractivity contribution in [3.8, 4) is 0 Å². The molecule has 2 aromatic heterocycles. The summed E-state index contributed by atoms with van der Waals surface area (Å²) in [6, 6.07) is 0. The van der Waals surface area contributed by atoms with Crippen molar-refractivity contribution in [2.75, 3.05) is 12.3 Å². The van der Waals surface area contributed by atoms with Gasteiger partial charge in [0.1, 0.15) is 10.3 Å². The van der Waals surface area contributed by atoms with Crippen molar-refractivity contribution < 1.29 is 4.79 Å². The Morgan fingerprint density at radius 2 is 2.00 bits per heavy atom. The average molecular weight is 468 g/mol. The van der Waals surface area contributed by atoms with Crippen molar-refractivity contribution in [3.63, 3.8) is 0 Å². The Morgan fingerprint density at radius 1 is 1.25 bits per heavy atom. The summed E-state index contributed by atoms with van der Waals surface area (Å²) < 4.78 is 2.26.